The molecule has 1 unspecified atom stereocenters. The Morgan fingerprint density at radius 1 is 1.38 bits per heavy atom. The van der Waals surface area contributed by atoms with Gasteiger partial charge in [0.15, 0.2) is 0 Å². The third-order valence-corrected chi connectivity index (χ3v) is 3.14. The summed E-state index contributed by atoms with van der Waals surface area (Å²) in [6.45, 7) is 6.56. The van der Waals surface area contributed by atoms with E-state index in [2.05, 4.69) is 6.92 Å². The molecule has 0 aliphatic carbocycles. The summed E-state index contributed by atoms with van der Waals surface area (Å²) >= 11 is -2.00. The second kappa shape index (κ2) is 7.79. The standard InChI is InChI=1S/C11H22O4S/c1-4-11(2,3)9-15-10(12)7-5-6-8-16(13)14/h4-9H2,1-3H3,(H,13,14)/p-1. The number of rotatable bonds is 8. The maximum absolute atomic E-state index is 11.3. The summed E-state index contributed by atoms with van der Waals surface area (Å²) in [5.74, 6) is -0.119. The molecule has 0 heterocycles. The van der Waals surface area contributed by atoms with E-state index in [9.17, 15) is 13.6 Å². The second-order valence-corrected chi connectivity index (χ2v) is 5.66. The lowest BCUT2D eigenvalue weighted by Gasteiger charge is -2.21. The molecule has 4 nitrogen and oxygen atoms in total. The SMILES string of the molecule is CCC(C)(C)COC(=O)CCCCS(=O)[O-]. The Hall–Kier alpha value is -0.420. The van der Waals surface area contributed by atoms with Crippen LogP contribution in [-0.4, -0.2) is 27.1 Å². The van der Waals surface area contributed by atoms with Crippen molar-refractivity contribution >= 4 is 17.0 Å². The molecule has 16 heavy (non-hydrogen) atoms. The summed E-state index contributed by atoms with van der Waals surface area (Å²) in [7, 11) is 0. The largest absolute Gasteiger partial charge is 0.772 e. The first-order chi connectivity index (χ1) is 7.37. The fourth-order valence-electron chi connectivity index (χ4n) is 0.939. The molecule has 0 aromatic heterocycles. The van der Waals surface area contributed by atoms with Gasteiger partial charge in [0, 0.05) is 12.2 Å². The summed E-state index contributed by atoms with van der Waals surface area (Å²) < 4.78 is 25.6. The van der Waals surface area contributed by atoms with E-state index >= 15 is 0 Å². The molecule has 0 bridgehead atoms. The van der Waals surface area contributed by atoms with Gasteiger partial charge in [0.2, 0.25) is 0 Å². The molecule has 5 heteroatoms. The van der Waals surface area contributed by atoms with E-state index < -0.39 is 11.1 Å². The highest BCUT2D eigenvalue weighted by Gasteiger charge is 2.17. The molecule has 1 atom stereocenters. The monoisotopic (exact) mass is 249 g/mol. The van der Waals surface area contributed by atoms with Crippen LogP contribution in [0.5, 0.6) is 0 Å². The quantitative estimate of drug-likeness (QED) is 0.375. The van der Waals surface area contributed by atoms with E-state index in [1.807, 2.05) is 13.8 Å². The maximum atomic E-state index is 11.3. The van der Waals surface area contributed by atoms with Crippen LogP contribution in [0, 0.1) is 5.41 Å². The predicted molar refractivity (Wildman–Crippen MR) is 62.7 cm³/mol. The highest BCUT2D eigenvalue weighted by molar-refractivity contribution is 7.79. The van der Waals surface area contributed by atoms with Crippen molar-refractivity contribution < 1.29 is 18.3 Å². The van der Waals surface area contributed by atoms with E-state index in [1.54, 1.807) is 0 Å². The summed E-state index contributed by atoms with van der Waals surface area (Å²) in [5.41, 5.74) is 0.0200. The van der Waals surface area contributed by atoms with Crippen LogP contribution in [0.4, 0.5) is 0 Å². The zero-order valence-corrected chi connectivity index (χ0v) is 11.1. The fraction of sp³-hybridized carbons (Fsp3) is 0.909. The lowest BCUT2D eigenvalue weighted by Crippen LogP contribution is -2.20. The predicted octanol–water partition coefficient (Wildman–Crippen LogP) is 2.02. The van der Waals surface area contributed by atoms with Crippen LogP contribution >= 0.6 is 0 Å². The maximum Gasteiger partial charge on any atom is 0.305 e. The van der Waals surface area contributed by atoms with Gasteiger partial charge in [-0.2, -0.15) is 0 Å². The minimum Gasteiger partial charge on any atom is -0.772 e. The Bertz CT molecular complexity index is 238. The third-order valence-electron chi connectivity index (χ3n) is 2.52. The number of carbonyl (C=O) groups is 1. The Labute approximate surface area is 100 Å². The molecule has 0 aliphatic heterocycles. The van der Waals surface area contributed by atoms with Gasteiger partial charge in [-0.25, -0.2) is 0 Å². The van der Waals surface area contributed by atoms with Crippen LogP contribution in [0.2, 0.25) is 0 Å². The molecule has 0 saturated carbocycles. The van der Waals surface area contributed by atoms with E-state index in [-0.39, 0.29) is 17.1 Å². The molecule has 0 rings (SSSR count). The highest BCUT2D eigenvalue weighted by Crippen LogP contribution is 2.19. The summed E-state index contributed by atoms with van der Waals surface area (Å²) in [5, 5.41) is 0. The van der Waals surface area contributed by atoms with E-state index in [0.29, 0.717) is 25.9 Å². The van der Waals surface area contributed by atoms with Crippen LogP contribution in [-0.2, 0) is 20.6 Å². The molecule has 0 spiro atoms. The van der Waals surface area contributed by atoms with Crippen LogP contribution in [0.3, 0.4) is 0 Å². The molecule has 0 N–H and O–H groups in total. The van der Waals surface area contributed by atoms with Crippen molar-refractivity contribution in [2.24, 2.45) is 5.41 Å². The smallest absolute Gasteiger partial charge is 0.305 e. The highest BCUT2D eigenvalue weighted by atomic mass is 32.2. The van der Waals surface area contributed by atoms with Crippen LogP contribution in [0.25, 0.3) is 0 Å². The number of hydrogen-bond donors (Lipinski definition) is 0. The van der Waals surface area contributed by atoms with Gasteiger partial charge in [-0.05, 0) is 24.7 Å². The van der Waals surface area contributed by atoms with Gasteiger partial charge in [0.1, 0.15) is 0 Å². The van der Waals surface area contributed by atoms with Crippen molar-refractivity contribution in [1.29, 1.82) is 0 Å². The summed E-state index contributed by atoms with van der Waals surface area (Å²) in [6.07, 6.45) is 2.34. The molecule has 0 aromatic carbocycles. The molecule has 0 saturated heterocycles. The molecule has 0 fully saturated rings. The first kappa shape index (κ1) is 15.6. The Morgan fingerprint density at radius 2 is 2.00 bits per heavy atom. The average Bonchev–Trinajstić information content (AvgIpc) is 2.21. The van der Waals surface area contributed by atoms with Crippen molar-refractivity contribution in [3.63, 3.8) is 0 Å². The molecular weight excluding hydrogens is 228 g/mol. The molecule has 0 aliphatic rings. The normalized spacial score (nSPS) is 13.5. The summed E-state index contributed by atoms with van der Waals surface area (Å²) in [6, 6.07) is 0. The van der Waals surface area contributed by atoms with Crippen molar-refractivity contribution in [2.75, 3.05) is 12.4 Å². The van der Waals surface area contributed by atoms with Crippen molar-refractivity contribution in [3.8, 4) is 0 Å². The number of hydrogen-bond acceptors (Lipinski definition) is 4. The minimum absolute atomic E-state index is 0.0200. The van der Waals surface area contributed by atoms with E-state index in [0.717, 1.165) is 6.42 Å². The van der Waals surface area contributed by atoms with Crippen molar-refractivity contribution in [3.05, 3.63) is 0 Å². The number of esters is 1. The summed E-state index contributed by atoms with van der Waals surface area (Å²) in [4.78, 5) is 11.3. The fourth-order valence-corrected chi connectivity index (χ4v) is 1.38. The first-order valence-electron chi connectivity index (χ1n) is 5.59. The molecular formula is C11H21O4S-. The van der Waals surface area contributed by atoms with E-state index in [1.165, 1.54) is 0 Å². The van der Waals surface area contributed by atoms with Gasteiger partial charge in [-0.3, -0.25) is 9.00 Å². The first-order valence-corrected chi connectivity index (χ1v) is 6.83. The van der Waals surface area contributed by atoms with Gasteiger partial charge >= 0.3 is 5.97 Å². The van der Waals surface area contributed by atoms with Gasteiger partial charge in [-0.1, -0.05) is 31.9 Å². The molecule has 0 radical (unpaired) electrons. The van der Waals surface area contributed by atoms with Crippen molar-refractivity contribution in [2.45, 2.75) is 46.5 Å². The van der Waals surface area contributed by atoms with Crippen molar-refractivity contribution in [1.82, 2.24) is 0 Å². The lowest BCUT2D eigenvalue weighted by molar-refractivity contribution is -0.146. The zero-order valence-electron chi connectivity index (χ0n) is 10.3. The number of ether oxygens (including phenoxy) is 1. The third kappa shape index (κ3) is 8.85. The van der Waals surface area contributed by atoms with Crippen LogP contribution in [0.1, 0.15) is 46.5 Å². The van der Waals surface area contributed by atoms with Gasteiger partial charge in [-0.15, -0.1) is 0 Å². The lowest BCUT2D eigenvalue weighted by atomic mass is 9.92. The molecule has 0 amide bonds. The van der Waals surface area contributed by atoms with Gasteiger partial charge in [0.25, 0.3) is 0 Å². The Morgan fingerprint density at radius 3 is 2.50 bits per heavy atom. The number of unbranched alkanes of at least 4 members (excludes halogenated alkanes) is 1. The Balaban J connectivity index is 3.56. The molecule has 0 aromatic rings. The Kier molecular flexibility index (Phi) is 7.58. The van der Waals surface area contributed by atoms with Crippen LogP contribution in [0.15, 0.2) is 0 Å². The topological polar surface area (TPSA) is 66.4 Å². The average molecular weight is 249 g/mol. The van der Waals surface area contributed by atoms with Gasteiger partial charge < -0.3 is 9.29 Å². The van der Waals surface area contributed by atoms with Gasteiger partial charge in [0.05, 0.1) is 6.61 Å². The number of carbonyl (C=O) groups excluding carboxylic acids is 1. The molecule has 96 valence electrons. The zero-order chi connectivity index (χ0) is 12.6. The van der Waals surface area contributed by atoms with E-state index in [4.69, 9.17) is 4.74 Å². The van der Waals surface area contributed by atoms with Crippen LogP contribution < -0.4 is 0 Å². The second-order valence-electron chi connectivity index (χ2n) is 4.64. The minimum atomic E-state index is -2.00.